The van der Waals surface area contributed by atoms with Crippen LogP contribution in [0.25, 0.3) is 0 Å². The van der Waals surface area contributed by atoms with Crippen LogP contribution in [0, 0.1) is 18.8 Å². The summed E-state index contributed by atoms with van der Waals surface area (Å²) in [6.45, 7) is 3.70. The van der Waals surface area contributed by atoms with E-state index in [1.807, 2.05) is 32.0 Å². The second kappa shape index (κ2) is 8.36. The molecule has 0 saturated heterocycles. The molecule has 0 aliphatic carbocycles. The van der Waals surface area contributed by atoms with Gasteiger partial charge in [0.05, 0.1) is 6.10 Å². The first kappa shape index (κ1) is 16.2. The molecular formula is C16H21NO3. The van der Waals surface area contributed by atoms with Crippen LogP contribution >= 0.6 is 0 Å². The van der Waals surface area contributed by atoms with Crippen LogP contribution in [-0.2, 0) is 9.53 Å². The second-order valence-corrected chi connectivity index (χ2v) is 4.62. The quantitative estimate of drug-likeness (QED) is 0.809. The van der Waals surface area contributed by atoms with Crippen molar-refractivity contribution in [3.05, 3.63) is 29.3 Å². The van der Waals surface area contributed by atoms with E-state index >= 15 is 0 Å². The molecule has 0 spiro atoms. The molecule has 2 N–H and O–H groups in total. The van der Waals surface area contributed by atoms with Gasteiger partial charge in [0, 0.05) is 24.8 Å². The van der Waals surface area contributed by atoms with Crippen molar-refractivity contribution in [1.29, 1.82) is 0 Å². The monoisotopic (exact) mass is 275 g/mol. The summed E-state index contributed by atoms with van der Waals surface area (Å²) in [4.78, 5) is 11.8. The fraction of sp³-hybridized carbons (Fsp3) is 0.438. The molecule has 4 heteroatoms. The summed E-state index contributed by atoms with van der Waals surface area (Å²) in [6, 6.07) is 5.52. The van der Waals surface area contributed by atoms with Gasteiger partial charge in [0.2, 0.25) is 5.91 Å². The molecule has 20 heavy (non-hydrogen) atoms. The van der Waals surface area contributed by atoms with Crippen LogP contribution in [0.1, 0.15) is 30.9 Å². The SMILES string of the molecule is COC(C)CCC(=O)Nc1ccc(C#CCO)c(C)c1. The number of hydrogen-bond acceptors (Lipinski definition) is 3. The minimum absolute atomic E-state index is 0.0255. The largest absolute Gasteiger partial charge is 0.384 e. The van der Waals surface area contributed by atoms with Crippen molar-refractivity contribution in [3.63, 3.8) is 0 Å². The topological polar surface area (TPSA) is 58.6 Å². The Morgan fingerprint density at radius 3 is 2.85 bits per heavy atom. The summed E-state index contributed by atoms with van der Waals surface area (Å²) >= 11 is 0. The van der Waals surface area contributed by atoms with E-state index in [2.05, 4.69) is 17.2 Å². The Morgan fingerprint density at radius 1 is 1.50 bits per heavy atom. The van der Waals surface area contributed by atoms with E-state index in [0.717, 1.165) is 16.8 Å². The second-order valence-electron chi connectivity index (χ2n) is 4.62. The van der Waals surface area contributed by atoms with Gasteiger partial charge in [0.25, 0.3) is 0 Å². The van der Waals surface area contributed by atoms with E-state index in [1.165, 1.54) is 0 Å². The van der Waals surface area contributed by atoms with E-state index in [1.54, 1.807) is 7.11 Å². The molecule has 1 amide bonds. The highest BCUT2D eigenvalue weighted by Crippen LogP contribution is 2.15. The average molecular weight is 275 g/mol. The summed E-state index contributed by atoms with van der Waals surface area (Å²) in [5.41, 5.74) is 2.58. The van der Waals surface area contributed by atoms with Gasteiger partial charge in [0.1, 0.15) is 6.61 Å². The van der Waals surface area contributed by atoms with Crippen LogP contribution < -0.4 is 5.32 Å². The van der Waals surface area contributed by atoms with Crippen LogP contribution in [0.4, 0.5) is 5.69 Å². The smallest absolute Gasteiger partial charge is 0.224 e. The van der Waals surface area contributed by atoms with Gasteiger partial charge in [-0.25, -0.2) is 0 Å². The van der Waals surface area contributed by atoms with E-state index in [4.69, 9.17) is 9.84 Å². The van der Waals surface area contributed by atoms with Crippen molar-refractivity contribution in [3.8, 4) is 11.8 Å². The van der Waals surface area contributed by atoms with Gasteiger partial charge in [-0.15, -0.1) is 0 Å². The number of amides is 1. The molecule has 0 heterocycles. The standard InChI is InChI=1S/C16H21NO3/c1-12-11-15(8-7-14(12)5-4-10-18)17-16(19)9-6-13(2)20-3/h7-8,11,13,18H,6,9-10H2,1-3H3,(H,17,19). The molecule has 1 aromatic carbocycles. The van der Waals surface area contributed by atoms with Crippen LogP contribution in [0.15, 0.2) is 18.2 Å². The zero-order valence-electron chi connectivity index (χ0n) is 12.2. The number of aliphatic hydroxyl groups excluding tert-OH is 1. The zero-order valence-corrected chi connectivity index (χ0v) is 12.2. The molecular weight excluding hydrogens is 254 g/mol. The summed E-state index contributed by atoms with van der Waals surface area (Å²) in [7, 11) is 1.64. The number of nitrogens with one attached hydrogen (secondary N) is 1. The van der Waals surface area contributed by atoms with Crippen molar-refractivity contribution in [1.82, 2.24) is 0 Å². The van der Waals surface area contributed by atoms with Gasteiger partial charge < -0.3 is 15.2 Å². The van der Waals surface area contributed by atoms with Crippen molar-refractivity contribution in [2.75, 3.05) is 19.0 Å². The third-order valence-electron chi connectivity index (χ3n) is 2.99. The van der Waals surface area contributed by atoms with Gasteiger partial charge >= 0.3 is 0 Å². The molecule has 1 aromatic rings. The van der Waals surface area contributed by atoms with Gasteiger partial charge in [-0.3, -0.25) is 4.79 Å². The molecule has 108 valence electrons. The Bertz CT molecular complexity index is 514. The first-order valence-corrected chi connectivity index (χ1v) is 6.60. The van der Waals surface area contributed by atoms with Crippen LogP contribution in [-0.4, -0.2) is 30.8 Å². The van der Waals surface area contributed by atoms with Crippen LogP contribution in [0.5, 0.6) is 0 Å². The fourth-order valence-corrected chi connectivity index (χ4v) is 1.69. The van der Waals surface area contributed by atoms with Gasteiger partial charge in [-0.2, -0.15) is 0 Å². The number of anilines is 1. The lowest BCUT2D eigenvalue weighted by Gasteiger charge is -2.10. The maximum Gasteiger partial charge on any atom is 0.224 e. The van der Waals surface area contributed by atoms with E-state index < -0.39 is 0 Å². The Labute approximate surface area is 120 Å². The molecule has 0 aromatic heterocycles. The predicted molar refractivity (Wildman–Crippen MR) is 79.5 cm³/mol. The lowest BCUT2D eigenvalue weighted by molar-refractivity contribution is -0.116. The highest BCUT2D eigenvalue weighted by molar-refractivity contribution is 5.90. The molecule has 0 fully saturated rings. The number of rotatable bonds is 5. The maximum absolute atomic E-state index is 11.8. The van der Waals surface area contributed by atoms with Crippen LogP contribution in [0.2, 0.25) is 0 Å². The predicted octanol–water partition coefficient (Wildman–Crippen LogP) is 2.09. The molecule has 0 aliphatic heterocycles. The van der Waals surface area contributed by atoms with E-state index in [-0.39, 0.29) is 18.6 Å². The number of carbonyl (C=O) groups excluding carboxylic acids is 1. The summed E-state index contributed by atoms with van der Waals surface area (Å²) in [5, 5.41) is 11.5. The van der Waals surface area contributed by atoms with Crippen molar-refractivity contribution < 1.29 is 14.6 Å². The average Bonchev–Trinajstić information content (AvgIpc) is 2.44. The first-order valence-electron chi connectivity index (χ1n) is 6.60. The molecule has 1 unspecified atom stereocenters. The van der Waals surface area contributed by atoms with Crippen LogP contribution in [0.3, 0.4) is 0 Å². The molecule has 0 aliphatic rings. The zero-order chi connectivity index (χ0) is 15.0. The number of carbonyl (C=O) groups is 1. The van der Waals surface area contributed by atoms with Gasteiger partial charge in [-0.1, -0.05) is 11.8 Å². The lowest BCUT2D eigenvalue weighted by Crippen LogP contribution is -2.15. The third kappa shape index (κ3) is 5.43. The van der Waals surface area contributed by atoms with Crippen molar-refractivity contribution >= 4 is 11.6 Å². The number of hydrogen-bond donors (Lipinski definition) is 2. The van der Waals surface area contributed by atoms with Crippen molar-refractivity contribution in [2.24, 2.45) is 0 Å². The number of benzene rings is 1. The minimum Gasteiger partial charge on any atom is -0.384 e. The lowest BCUT2D eigenvalue weighted by atomic mass is 10.1. The summed E-state index contributed by atoms with van der Waals surface area (Å²) in [5.74, 6) is 5.45. The molecule has 4 nitrogen and oxygen atoms in total. The normalized spacial score (nSPS) is 11.4. The Morgan fingerprint density at radius 2 is 2.25 bits per heavy atom. The van der Waals surface area contributed by atoms with Gasteiger partial charge in [0.15, 0.2) is 0 Å². The summed E-state index contributed by atoms with van der Waals surface area (Å²) in [6.07, 6.45) is 1.21. The van der Waals surface area contributed by atoms with E-state index in [9.17, 15) is 4.79 Å². The first-order chi connectivity index (χ1) is 9.56. The Balaban J connectivity index is 2.60. The number of ether oxygens (including phenoxy) is 1. The Kier molecular flexibility index (Phi) is 6.78. The molecule has 0 saturated carbocycles. The molecule has 0 bridgehead atoms. The maximum atomic E-state index is 11.8. The molecule has 1 rings (SSSR count). The van der Waals surface area contributed by atoms with E-state index in [0.29, 0.717) is 12.8 Å². The minimum atomic E-state index is -0.157. The molecule has 1 atom stereocenters. The third-order valence-corrected chi connectivity index (χ3v) is 2.99. The number of aliphatic hydroxyl groups is 1. The summed E-state index contributed by atoms with van der Waals surface area (Å²) < 4.78 is 5.11. The number of methoxy groups -OCH3 is 1. The molecule has 0 radical (unpaired) electrons. The Hall–Kier alpha value is -1.83. The highest BCUT2D eigenvalue weighted by atomic mass is 16.5. The van der Waals surface area contributed by atoms with Crippen molar-refractivity contribution in [2.45, 2.75) is 32.8 Å². The number of aryl methyl sites for hydroxylation is 1. The fourth-order valence-electron chi connectivity index (χ4n) is 1.69. The highest BCUT2D eigenvalue weighted by Gasteiger charge is 2.07. The van der Waals surface area contributed by atoms with Gasteiger partial charge in [-0.05, 0) is 44.0 Å².